The van der Waals surface area contributed by atoms with Gasteiger partial charge in [-0.1, -0.05) is 0 Å². The molecular formula is C16H18N4O3. The number of hydrogen-bond donors (Lipinski definition) is 3. The number of aromatic amines is 1. The second-order valence-corrected chi connectivity index (χ2v) is 6.44. The molecule has 0 unspecified atom stereocenters. The second-order valence-electron chi connectivity index (χ2n) is 6.44. The van der Waals surface area contributed by atoms with Crippen molar-refractivity contribution in [3.63, 3.8) is 0 Å². The molecule has 7 heteroatoms. The summed E-state index contributed by atoms with van der Waals surface area (Å²) >= 11 is 0. The lowest BCUT2D eigenvalue weighted by Gasteiger charge is -2.19. The number of amides is 2. The van der Waals surface area contributed by atoms with E-state index in [1.165, 1.54) is 0 Å². The summed E-state index contributed by atoms with van der Waals surface area (Å²) in [5.41, 5.74) is 5.30. The van der Waals surface area contributed by atoms with Gasteiger partial charge in [0.2, 0.25) is 0 Å². The molecule has 0 aliphatic carbocycles. The molecule has 0 bridgehead atoms. The highest BCUT2D eigenvalue weighted by Gasteiger charge is 2.21. The van der Waals surface area contributed by atoms with E-state index in [9.17, 15) is 9.59 Å². The van der Waals surface area contributed by atoms with E-state index in [0.717, 1.165) is 22.2 Å². The lowest BCUT2D eigenvalue weighted by atomic mass is 10.0. The van der Waals surface area contributed by atoms with Gasteiger partial charge in [0.15, 0.2) is 0 Å². The van der Waals surface area contributed by atoms with Crippen LogP contribution in [-0.2, 0) is 4.74 Å². The van der Waals surface area contributed by atoms with Gasteiger partial charge in [-0.05, 0) is 39.8 Å². The maximum absolute atomic E-state index is 12.2. The van der Waals surface area contributed by atoms with Crippen molar-refractivity contribution in [3.8, 4) is 0 Å². The normalized spacial score (nSPS) is 13.7. The van der Waals surface area contributed by atoms with E-state index in [1.54, 1.807) is 39.1 Å². The van der Waals surface area contributed by atoms with E-state index in [0.29, 0.717) is 11.3 Å². The van der Waals surface area contributed by atoms with Crippen molar-refractivity contribution in [2.24, 2.45) is 5.10 Å². The first kappa shape index (κ1) is 15.1. The number of benzene rings is 1. The first-order valence-electron chi connectivity index (χ1n) is 7.24. The van der Waals surface area contributed by atoms with Crippen molar-refractivity contribution >= 4 is 34.8 Å². The Morgan fingerprint density at radius 2 is 2.04 bits per heavy atom. The Balaban J connectivity index is 2.03. The molecule has 0 atom stereocenters. The highest BCUT2D eigenvalue weighted by molar-refractivity contribution is 6.16. The van der Waals surface area contributed by atoms with Gasteiger partial charge in [-0.15, -0.1) is 0 Å². The van der Waals surface area contributed by atoms with Gasteiger partial charge in [0.25, 0.3) is 5.91 Å². The van der Waals surface area contributed by atoms with Gasteiger partial charge in [0.1, 0.15) is 5.60 Å². The van der Waals surface area contributed by atoms with Crippen LogP contribution in [0.15, 0.2) is 17.2 Å². The highest BCUT2D eigenvalue weighted by Crippen LogP contribution is 2.29. The number of rotatable bonds is 1. The minimum absolute atomic E-state index is 0.322. The van der Waals surface area contributed by atoms with Gasteiger partial charge < -0.3 is 9.72 Å². The van der Waals surface area contributed by atoms with Gasteiger partial charge in [0, 0.05) is 27.8 Å². The molecule has 1 aliphatic heterocycles. The van der Waals surface area contributed by atoms with E-state index in [1.807, 2.05) is 6.92 Å². The number of nitrogens with one attached hydrogen (secondary N) is 3. The number of hydrogen-bond acceptors (Lipinski definition) is 4. The van der Waals surface area contributed by atoms with E-state index in [4.69, 9.17) is 4.74 Å². The summed E-state index contributed by atoms with van der Waals surface area (Å²) in [6, 6.07) is 3.39. The topological polar surface area (TPSA) is 95.6 Å². The van der Waals surface area contributed by atoms with Crippen LogP contribution >= 0.6 is 0 Å². The molecule has 0 fully saturated rings. The predicted octanol–water partition coefficient (Wildman–Crippen LogP) is 2.90. The summed E-state index contributed by atoms with van der Waals surface area (Å²) in [5.74, 6) is -0.322. The molecule has 0 saturated carbocycles. The number of carbonyl (C=O) groups excluding carboxylic acids is 2. The largest absolute Gasteiger partial charge is 0.444 e. The monoisotopic (exact) mass is 314 g/mol. The number of hydrazone groups is 1. The number of anilines is 1. The van der Waals surface area contributed by atoms with Crippen molar-refractivity contribution in [2.75, 3.05) is 5.32 Å². The van der Waals surface area contributed by atoms with Crippen molar-refractivity contribution in [1.82, 2.24) is 10.4 Å². The second kappa shape index (κ2) is 5.12. The van der Waals surface area contributed by atoms with Crippen LogP contribution in [0.4, 0.5) is 10.5 Å². The SMILES string of the molecule is Cc1[nH]c2cc(NC(=O)OC(C)(C)C)cc3c2c1C=NNC3=O. The Labute approximate surface area is 133 Å². The van der Waals surface area contributed by atoms with Gasteiger partial charge in [-0.25, -0.2) is 10.2 Å². The lowest BCUT2D eigenvalue weighted by molar-refractivity contribution is 0.0635. The minimum Gasteiger partial charge on any atom is -0.444 e. The van der Waals surface area contributed by atoms with Crippen LogP contribution in [0.25, 0.3) is 10.9 Å². The molecule has 0 spiro atoms. The van der Waals surface area contributed by atoms with Crippen molar-refractivity contribution in [3.05, 3.63) is 29.0 Å². The number of ether oxygens (including phenoxy) is 1. The van der Waals surface area contributed by atoms with E-state index in [2.05, 4.69) is 20.8 Å². The maximum atomic E-state index is 12.2. The molecule has 7 nitrogen and oxygen atoms in total. The first-order chi connectivity index (χ1) is 10.7. The van der Waals surface area contributed by atoms with Crippen LogP contribution in [0.3, 0.4) is 0 Å². The summed E-state index contributed by atoms with van der Waals surface area (Å²) in [7, 11) is 0. The molecule has 2 aromatic rings. The van der Waals surface area contributed by atoms with Crippen molar-refractivity contribution < 1.29 is 14.3 Å². The zero-order chi connectivity index (χ0) is 16.8. The van der Waals surface area contributed by atoms with Crippen LogP contribution in [0.1, 0.15) is 42.4 Å². The summed E-state index contributed by atoms with van der Waals surface area (Å²) < 4.78 is 5.24. The molecule has 1 aromatic heterocycles. The van der Waals surface area contributed by atoms with E-state index < -0.39 is 11.7 Å². The van der Waals surface area contributed by atoms with Gasteiger partial charge in [-0.2, -0.15) is 5.10 Å². The molecule has 3 rings (SSSR count). The van der Waals surface area contributed by atoms with Gasteiger partial charge >= 0.3 is 6.09 Å². The van der Waals surface area contributed by atoms with Crippen LogP contribution in [0, 0.1) is 6.92 Å². The average Bonchev–Trinajstić information content (AvgIpc) is 2.60. The molecule has 2 heterocycles. The van der Waals surface area contributed by atoms with Crippen LogP contribution in [0.2, 0.25) is 0 Å². The number of aromatic nitrogens is 1. The third-order valence-electron chi connectivity index (χ3n) is 3.38. The summed E-state index contributed by atoms with van der Waals surface area (Å²) in [6.07, 6.45) is 1.04. The van der Waals surface area contributed by atoms with E-state index >= 15 is 0 Å². The Bertz CT molecular complexity index is 843. The van der Waals surface area contributed by atoms with Crippen LogP contribution in [0.5, 0.6) is 0 Å². The molecule has 2 amide bonds. The molecular weight excluding hydrogens is 296 g/mol. The quantitative estimate of drug-likeness (QED) is 0.755. The Morgan fingerprint density at radius 3 is 2.74 bits per heavy atom. The smallest absolute Gasteiger partial charge is 0.412 e. The predicted molar refractivity (Wildman–Crippen MR) is 88.0 cm³/mol. The summed E-state index contributed by atoms with van der Waals surface area (Å²) in [5, 5.41) is 7.35. The number of aryl methyl sites for hydroxylation is 1. The minimum atomic E-state index is -0.596. The zero-order valence-electron chi connectivity index (χ0n) is 13.4. The highest BCUT2D eigenvalue weighted by atomic mass is 16.6. The molecule has 1 aliphatic rings. The number of H-pyrrole nitrogens is 1. The molecule has 0 radical (unpaired) electrons. The van der Waals surface area contributed by atoms with E-state index in [-0.39, 0.29) is 5.91 Å². The maximum Gasteiger partial charge on any atom is 0.412 e. The van der Waals surface area contributed by atoms with Crippen LogP contribution in [-0.4, -0.2) is 28.8 Å². The number of nitrogens with zero attached hydrogens (tertiary/aromatic N) is 1. The average molecular weight is 314 g/mol. The third kappa shape index (κ3) is 2.90. The lowest BCUT2D eigenvalue weighted by Crippen LogP contribution is -2.27. The van der Waals surface area contributed by atoms with Gasteiger partial charge in [-0.3, -0.25) is 10.1 Å². The molecule has 3 N–H and O–H groups in total. The van der Waals surface area contributed by atoms with Gasteiger partial charge in [0.05, 0.1) is 11.8 Å². The Morgan fingerprint density at radius 1 is 1.30 bits per heavy atom. The van der Waals surface area contributed by atoms with Crippen LogP contribution < -0.4 is 10.7 Å². The first-order valence-corrected chi connectivity index (χ1v) is 7.24. The fourth-order valence-electron chi connectivity index (χ4n) is 2.54. The third-order valence-corrected chi connectivity index (χ3v) is 3.38. The summed E-state index contributed by atoms with van der Waals surface area (Å²) in [4.78, 5) is 27.3. The standard InChI is InChI=1S/C16H18N4O3/c1-8-11-7-17-20-14(21)10-5-9(6-12(18-8)13(10)11)19-15(22)23-16(2,3)4/h5-7,18H,1-4H3,(H,19,22)(H,20,21). The Kier molecular flexibility index (Phi) is 3.35. The Hall–Kier alpha value is -2.83. The molecule has 0 saturated heterocycles. The molecule has 23 heavy (non-hydrogen) atoms. The van der Waals surface area contributed by atoms with Crippen molar-refractivity contribution in [1.29, 1.82) is 0 Å². The fourth-order valence-corrected chi connectivity index (χ4v) is 2.54. The number of carbonyl (C=O) groups is 2. The fraction of sp³-hybridized carbons (Fsp3) is 0.312. The molecule has 1 aromatic carbocycles. The molecule has 120 valence electrons. The zero-order valence-corrected chi connectivity index (χ0v) is 13.4. The summed E-state index contributed by atoms with van der Waals surface area (Å²) in [6.45, 7) is 7.27. The van der Waals surface area contributed by atoms with Crippen molar-refractivity contribution in [2.45, 2.75) is 33.3 Å².